The van der Waals surface area contributed by atoms with Crippen LogP contribution < -0.4 is 10.2 Å². The summed E-state index contributed by atoms with van der Waals surface area (Å²) in [6.07, 6.45) is 7.05. The predicted molar refractivity (Wildman–Crippen MR) is 87.4 cm³/mol. The molecule has 0 radical (unpaired) electrons. The fourth-order valence-corrected chi connectivity index (χ4v) is 2.91. The van der Waals surface area contributed by atoms with Crippen molar-refractivity contribution in [3.05, 3.63) is 35.9 Å². The number of nitrogens with one attached hydrogen (secondary N) is 2. The van der Waals surface area contributed by atoms with Crippen LogP contribution in [0.3, 0.4) is 0 Å². The van der Waals surface area contributed by atoms with E-state index in [-0.39, 0.29) is 17.9 Å². The highest BCUT2D eigenvalue weighted by Crippen LogP contribution is 2.18. The standard InChI is InChI=1S/C16H22N6O/c1-11(2)14-13(9-19-21-14)15(23)20-12-5-3-8-22(10-12)16-17-6-4-7-18-16/h4,6-7,9,11-12H,3,5,8,10H2,1-2H3,(H,19,21)(H,20,23)/t12-/m0/s1. The average Bonchev–Trinajstić information content (AvgIpc) is 3.06. The zero-order chi connectivity index (χ0) is 16.2. The Morgan fingerprint density at radius 1 is 1.39 bits per heavy atom. The Hall–Kier alpha value is -2.44. The molecule has 3 heterocycles. The van der Waals surface area contributed by atoms with Crippen molar-refractivity contribution in [2.24, 2.45) is 0 Å². The number of amides is 1. The van der Waals surface area contributed by atoms with Gasteiger partial charge >= 0.3 is 0 Å². The Morgan fingerprint density at radius 2 is 2.17 bits per heavy atom. The van der Waals surface area contributed by atoms with E-state index in [1.807, 2.05) is 13.8 Å². The first-order valence-corrected chi connectivity index (χ1v) is 8.01. The number of anilines is 1. The van der Waals surface area contributed by atoms with Gasteiger partial charge in [-0.1, -0.05) is 13.8 Å². The van der Waals surface area contributed by atoms with E-state index in [1.54, 1.807) is 24.7 Å². The van der Waals surface area contributed by atoms with Crippen LogP contribution in [-0.2, 0) is 0 Å². The first-order chi connectivity index (χ1) is 11.1. The van der Waals surface area contributed by atoms with E-state index in [9.17, 15) is 4.79 Å². The Bertz CT molecular complexity index is 654. The molecular weight excluding hydrogens is 292 g/mol. The molecule has 2 aromatic heterocycles. The molecule has 122 valence electrons. The molecule has 0 spiro atoms. The van der Waals surface area contributed by atoms with Crippen LogP contribution in [0.5, 0.6) is 0 Å². The van der Waals surface area contributed by atoms with Gasteiger partial charge in [-0.25, -0.2) is 9.97 Å². The van der Waals surface area contributed by atoms with Gasteiger partial charge in [0.2, 0.25) is 5.95 Å². The van der Waals surface area contributed by atoms with Gasteiger partial charge in [-0.2, -0.15) is 5.10 Å². The second-order valence-corrected chi connectivity index (χ2v) is 6.16. The maximum Gasteiger partial charge on any atom is 0.255 e. The molecule has 1 amide bonds. The molecule has 7 nitrogen and oxygen atoms in total. The van der Waals surface area contributed by atoms with Gasteiger partial charge in [0.15, 0.2) is 0 Å². The highest BCUT2D eigenvalue weighted by Gasteiger charge is 2.25. The maximum absolute atomic E-state index is 12.5. The van der Waals surface area contributed by atoms with Crippen molar-refractivity contribution in [3.8, 4) is 0 Å². The van der Waals surface area contributed by atoms with E-state index >= 15 is 0 Å². The zero-order valence-corrected chi connectivity index (χ0v) is 13.5. The average molecular weight is 314 g/mol. The predicted octanol–water partition coefficient (Wildman–Crippen LogP) is 1.72. The van der Waals surface area contributed by atoms with E-state index in [2.05, 4.69) is 30.4 Å². The Balaban J connectivity index is 1.66. The summed E-state index contributed by atoms with van der Waals surface area (Å²) in [4.78, 5) is 23.2. The van der Waals surface area contributed by atoms with Gasteiger partial charge in [-0.15, -0.1) is 0 Å². The smallest absolute Gasteiger partial charge is 0.255 e. The molecule has 1 aliphatic rings. The molecule has 3 rings (SSSR count). The Labute approximate surface area is 135 Å². The fraction of sp³-hybridized carbons (Fsp3) is 0.500. The van der Waals surface area contributed by atoms with E-state index in [4.69, 9.17) is 0 Å². The molecule has 1 saturated heterocycles. The third-order valence-corrected chi connectivity index (χ3v) is 4.08. The lowest BCUT2D eigenvalue weighted by Crippen LogP contribution is -2.48. The van der Waals surface area contributed by atoms with Gasteiger partial charge in [0.05, 0.1) is 17.5 Å². The van der Waals surface area contributed by atoms with Crippen molar-refractivity contribution in [3.63, 3.8) is 0 Å². The topological polar surface area (TPSA) is 86.8 Å². The molecule has 0 bridgehead atoms. The van der Waals surface area contributed by atoms with Gasteiger partial charge in [0.25, 0.3) is 5.91 Å². The summed E-state index contributed by atoms with van der Waals surface area (Å²) in [6.45, 7) is 5.72. The molecule has 1 atom stereocenters. The normalized spacial score (nSPS) is 18.2. The van der Waals surface area contributed by atoms with Crippen molar-refractivity contribution in [2.75, 3.05) is 18.0 Å². The number of hydrogen-bond acceptors (Lipinski definition) is 5. The summed E-state index contributed by atoms with van der Waals surface area (Å²) in [5.74, 6) is 0.889. The SMILES string of the molecule is CC(C)c1[nH]ncc1C(=O)N[C@H]1CCCN(c2ncccn2)C1. The maximum atomic E-state index is 12.5. The van der Waals surface area contributed by atoms with Gasteiger partial charge < -0.3 is 10.2 Å². The molecule has 2 N–H and O–H groups in total. The number of rotatable bonds is 4. The summed E-state index contributed by atoms with van der Waals surface area (Å²) < 4.78 is 0. The number of aromatic nitrogens is 4. The van der Waals surface area contributed by atoms with Crippen molar-refractivity contribution in [2.45, 2.75) is 38.6 Å². The summed E-state index contributed by atoms with van der Waals surface area (Å²) in [7, 11) is 0. The molecule has 0 saturated carbocycles. The third-order valence-electron chi connectivity index (χ3n) is 4.08. The van der Waals surface area contributed by atoms with Crippen LogP contribution in [0.15, 0.2) is 24.7 Å². The molecule has 1 aliphatic heterocycles. The second kappa shape index (κ2) is 6.76. The number of carbonyl (C=O) groups is 1. The van der Waals surface area contributed by atoms with E-state index in [0.717, 1.165) is 37.6 Å². The van der Waals surface area contributed by atoms with Crippen molar-refractivity contribution >= 4 is 11.9 Å². The summed E-state index contributed by atoms with van der Waals surface area (Å²) in [6, 6.07) is 1.90. The Morgan fingerprint density at radius 3 is 2.91 bits per heavy atom. The molecular formula is C16H22N6O. The monoisotopic (exact) mass is 314 g/mol. The van der Waals surface area contributed by atoms with Crippen LogP contribution >= 0.6 is 0 Å². The van der Waals surface area contributed by atoms with E-state index in [1.165, 1.54) is 0 Å². The van der Waals surface area contributed by atoms with Crippen LogP contribution in [0.2, 0.25) is 0 Å². The minimum atomic E-state index is -0.0664. The lowest BCUT2D eigenvalue weighted by atomic mass is 10.0. The summed E-state index contributed by atoms with van der Waals surface area (Å²) >= 11 is 0. The lowest BCUT2D eigenvalue weighted by molar-refractivity contribution is 0.0932. The van der Waals surface area contributed by atoms with Crippen molar-refractivity contribution < 1.29 is 4.79 Å². The van der Waals surface area contributed by atoms with Gasteiger partial charge in [0, 0.05) is 31.5 Å². The first kappa shape index (κ1) is 15.5. The van der Waals surface area contributed by atoms with Crippen molar-refractivity contribution in [1.29, 1.82) is 0 Å². The van der Waals surface area contributed by atoms with Crippen LogP contribution in [0.25, 0.3) is 0 Å². The lowest BCUT2D eigenvalue weighted by Gasteiger charge is -2.33. The van der Waals surface area contributed by atoms with E-state index in [0.29, 0.717) is 5.56 Å². The largest absolute Gasteiger partial charge is 0.347 e. The molecule has 0 aliphatic carbocycles. The molecule has 2 aromatic rings. The third kappa shape index (κ3) is 3.49. The number of carbonyl (C=O) groups excluding carboxylic acids is 1. The first-order valence-electron chi connectivity index (χ1n) is 8.01. The van der Waals surface area contributed by atoms with Crippen LogP contribution in [0, 0.1) is 0 Å². The summed E-state index contributed by atoms with van der Waals surface area (Å²) in [5.41, 5.74) is 1.51. The van der Waals surface area contributed by atoms with Gasteiger partial charge in [-0.05, 0) is 24.8 Å². The molecule has 23 heavy (non-hydrogen) atoms. The number of H-pyrrole nitrogens is 1. The van der Waals surface area contributed by atoms with Gasteiger partial charge in [-0.3, -0.25) is 9.89 Å². The zero-order valence-electron chi connectivity index (χ0n) is 13.5. The second-order valence-electron chi connectivity index (χ2n) is 6.16. The van der Waals surface area contributed by atoms with Crippen LogP contribution in [0.1, 0.15) is 48.7 Å². The minimum Gasteiger partial charge on any atom is -0.347 e. The van der Waals surface area contributed by atoms with Crippen LogP contribution in [-0.4, -0.2) is 45.2 Å². The molecule has 1 fully saturated rings. The number of piperidine rings is 1. The highest BCUT2D eigenvalue weighted by molar-refractivity contribution is 5.95. The Kier molecular flexibility index (Phi) is 4.55. The van der Waals surface area contributed by atoms with Crippen molar-refractivity contribution in [1.82, 2.24) is 25.5 Å². The fourth-order valence-electron chi connectivity index (χ4n) is 2.91. The number of aromatic amines is 1. The summed E-state index contributed by atoms with van der Waals surface area (Å²) in [5, 5.41) is 10.0. The molecule has 0 aromatic carbocycles. The number of nitrogens with zero attached hydrogens (tertiary/aromatic N) is 4. The van der Waals surface area contributed by atoms with Gasteiger partial charge in [0.1, 0.15) is 0 Å². The highest BCUT2D eigenvalue weighted by atomic mass is 16.1. The molecule has 7 heteroatoms. The van der Waals surface area contributed by atoms with E-state index < -0.39 is 0 Å². The minimum absolute atomic E-state index is 0.0664. The molecule has 0 unspecified atom stereocenters. The van der Waals surface area contributed by atoms with Crippen LogP contribution in [0.4, 0.5) is 5.95 Å². The number of hydrogen-bond donors (Lipinski definition) is 2. The quantitative estimate of drug-likeness (QED) is 0.897.